The predicted molar refractivity (Wildman–Crippen MR) is 96.1 cm³/mol. The summed E-state index contributed by atoms with van der Waals surface area (Å²) < 4.78 is 51.1. The van der Waals surface area contributed by atoms with Crippen LogP contribution in [-0.4, -0.2) is 34.9 Å². The van der Waals surface area contributed by atoms with Crippen molar-refractivity contribution in [3.05, 3.63) is 64.7 Å². The molecule has 0 unspecified atom stereocenters. The largest absolute Gasteiger partial charge is 0.433 e. The van der Waals surface area contributed by atoms with Gasteiger partial charge in [-0.3, -0.25) is 9.69 Å². The van der Waals surface area contributed by atoms with Crippen LogP contribution >= 0.6 is 0 Å². The zero-order chi connectivity index (χ0) is 20.3. The molecular weight excluding hydrogens is 374 g/mol. The fraction of sp³-hybridized carbons (Fsp3) is 0.400. The molecule has 1 aliphatic rings. The number of hydrogen-bond acceptors (Lipinski definition) is 3. The summed E-state index contributed by atoms with van der Waals surface area (Å²) in [7, 11) is 0. The molecule has 1 amide bonds. The van der Waals surface area contributed by atoms with Crippen LogP contribution in [0, 0.1) is 12.7 Å². The van der Waals surface area contributed by atoms with E-state index >= 15 is 0 Å². The Labute approximate surface area is 160 Å². The van der Waals surface area contributed by atoms with Crippen LogP contribution < -0.4 is 5.32 Å². The molecule has 0 radical (unpaired) electrons. The minimum absolute atomic E-state index is 0.0429. The number of carbonyl (C=O) groups excluding carboxylic acids is 1. The first-order valence-electron chi connectivity index (χ1n) is 9.05. The molecule has 1 aromatic carbocycles. The summed E-state index contributed by atoms with van der Waals surface area (Å²) in [5.41, 5.74) is 0.230. The predicted octanol–water partition coefficient (Wildman–Crippen LogP) is 3.94. The molecule has 0 atom stereocenters. The molecule has 2 aromatic rings. The summed E-state index contributed by atoms with van der Waals surface area (Å²) in [6.45, 7) is 3.65. The third-order valence-electron chi connectivity index (χ3n) is 4.86. The highest BCUT2D eigenvalue weighted by atomic mass is 19.4. The van der Waals surface area contributed by atoms with Crippen LogP contribution in [0.1, 0.15) is 40.2 Å². The van der Waals surface area contributed by atoms with Crippen molar-refractivity contribution in [2.45, 2.75) is 38.5 Å². The van der Waals surface area contributed by atoms with E-state index in [0.29, 0.717) is 6.54 Å². The van der Waals surface area contributed by atoms with E-state index in [1.165, 1.54) is 25.1 Å². The first-order chi connectivity index (χ1) is 13.2. The molecule has 1 N–H and O–H groups in total. The van der Waals surface area contributed by atoms with Crippen LogP contribution in [0.25, 0.3) is 0 Å². The van der Waals surface area contributed by atoms with Gasteiger partial charge in [0, 0.05) is 25.7 Å². The Balaban J connectivity index is 1.53. The number of rotatable bonds is 4. The number of nitrogens with zero attached hydrogens (tertiary/aromatic N) is 2. The number of pyridine rings is 1. The van der Waals surface area contributed by atoms with Gasteiger partial charge in [-0.2, -0.15) is 13.2 Å². The van der Waals surface area contributed by atoms with Gasteiger partial charge in [0.1, 0.15) is 11.5 Å². The number of aryl methyl sites for hydroxylation is 1. The number of hydrogen-bond donors (Lipinski definition) is 1. The van der Waals surface area contributed by atoms with Crippen molar-refractivity contribution < 1.29 is 22.4 Å². The van der Waals surface area contributed by atoms with Crippen molar-refractivity contribution in [1.82, 2.24) is 15.2 Å². The van der Waals surface area contributed by atoms with Gasteiger partial charge in [0.05, 0.1) is 11.3 Å². The van der Waals surface area contributed by atoms with E-state index in [-0.39, 0.29) is 23.1 Å². The topological polar surface area (TPSA) is 45.2 Å². The summed E-state index contributed by atoms with van der Waals surface area (Å²) in [6, 6.07) is 8.33. The van der Waals surface area contributed by atoms with E-state index < -0.39 is 17.8 Å². The molecule has 1 saturated heterocycles. The number of benzene rings is 1. The fourth-order valence-corrected chi connectivity index (χ4v) is 3.31. The number of alkyl halides is 3. The van der Waals surface area contributed by atoms with Crippen LogP contribution in [0.4, 0.5) is 17.6 Å². The molecule has 8 heteroatoms. The standard InChI is InChI=1S/C20H21F4N3O/c1-13-17(6-7-18(25-13)20(22,23)24)19(28)26-16-8-10-27(11-9-16)12-14-2-4-15(21)5-3-14/h2-7,16H,8-12H2,1H3,(H,26,28). The average molecular weight is 395 g/mol. The monoisotopic (exact) mass is 395 g/mol. The quantitative estimate of drug-likeness (QED) is 0.798. The number of piperidine rings is 1. The summed E-state index contributed by atoms with van der Waals surface area (Å²) in [5, 5.41) is 2.89. The lowest BCUT2D eigenvalue weighted by Gasteiger charge is -2.32. The molecule has 3 rings (SSSR count). The van der Waals surface area contributed by atoms with Gasteiger partial charge in [-0.15, -0.1) is 0 Å². The molecule has 28 heavy (non-hydrogen) atoms. The lowest BCUT2D eigenvalue weighted by atomic mass is 10.0. The molecule has 4 nitrogen and oxygen atoms in total. The number of aromatic nitrogens is 1. The van der Waals surface area contributed by atoms with Crippen LogP contribution in [0.15, 0.2) is 36.4 Å². The number of likely N-dealkylation sites (tertiary alicyclic amines) is 1. The molecule has 2 heterocycles. The maximum absolute atomic E-state index is 13.0. The van der Waals surface area contributed by atoms with Crippen LogP contribution in [0.2, 0.25) is 0 Å². The van der Waals surface area contributed by atoms with E-state index in [1.807, 2.05) is 0 Å². The van der Waals surface area contributed by atoms with Gasteiger partial charge in [0.2, 0.25) is 0 Å². The SMILES string of the molecule is Cc1nc(C(F)(F)F)ccc1C(=O)NC1CCN(Cc2ccc(F)cc2)CC1. The van der Waals surface area contributed by atoms with E-state index in [2.05, 4.69) is 15.2 Å². The highest BCUT2D eigenvalue weighted by Crippen LogP contribution is 2.28. The van der Waals surface area contributed by atoms with Crippen molar-refractivity contribution in [2.75, 3.05) is 13.1 Å². The molecule has 0 spiro atoms. The fourth-order valence-electron chi connectivity index (χ4n) is 3.31. The van der Waals surface area contributed by atoms with Gasteiger partial charge >= 0.3 is 6.18 Å². The molecule has 0 bridgehead atoms. The van der Waals surface area contributed by atoms with Crippen molar-refractivity contribution >= 4 is 5.91 Å². The van der Waals surface area contributed by atoms with Gasteiger partial charge in [-0.05, 0) is 49.6 Å². The lowest BCUT2D eigenvalue weighted by Crippen LogP contribution is -2.44. The number of nitrogens with one attached hydrogen (secondary N) is 1. The van der Waals surface area contributed by atoms with E-state index in [0.717, 1.165) is 37.6 Å². The minimum Gasteiger partial charge on any atom is -0.349 e. The van der Waals surface area contributed by atoms with E-state index in [4.69, 9.17) is 0 Å². The molecule has 150 valence electrons. The van der Waals surface area contributed by atoms with Crippen LogP contribution in [0.3, 0.4) is 0 Å². The van der Waals surface area contributed by atoms with Gasteiger partial charge in [0.25, 0.3) is 5.91 Å². The Hall–Kier alpha value is -2.48. The van der Waals surface area contributed by atoms with Crippen LogP contribution in [-0.2, 0) is 12.7 Å². The van der Waals surface area contributed by atoms with Crippen molar-refractivity contribution in [3.63, 3.8) is 0 Å². The Bertz CT molecular complexity index is 828. The van der Waals surface area contributed by atoms with Gasteiger partial charge in [0.15, 0.2) is 0 Å². The average Bonchev–Trinajstić information content (AvgIpc) is 2.64. The Morgan fingerprint density at radius 2 is 1.79 bits per heavy atom. The van der Waals surface area contributed by atoms with Gasteiger partial charge < -0.3 is 5.32 Å². The maximum Gasteiger partial charge on any atom is 0.433 e. The van der Waals surface area contributed by atoms with E-state index in [9.17, 15) is 22.4 Å². The second kappa shape index (κ2) is 8.26. The summed E-state index contributed by atoms with van der Waals surface area (Å²) >= 11 is 0. The highest BCUT2D eigenvalue weighted by molar-refractivity contribution is 5.95. The Morgan fingerprint density at radius 3 is 2.36 bits per heavy atom. The zero-order valence-electron chi connectivity index (χ0n) is 15.4. The molecule has 1 aromatic heterocycles. The highest BCUT2D eigenvalue weighted by Gasteiger charge is 2.33. The molecule has 1 fully saturated rings. The smallest absolute Gasteiger partial charge is 0.349 e. The van der Waals surface area contributed by atoms with Gasteiger partial charge in [-0.25, -0.2) is 9.37 Å². The van der Waals surface area contributed by atoms with Crippen LogP contribution in [0.5, 0.6) is 0 Å². The normalized spacial score (nSPS) is 16.2. The van der Waals surface area contributed by atoms with Gasteiger partial charge in [-0.1, -0.05) is 12.1 Å². The minimum atomic E-state index is -4.53. The van der Waals surface area contributed by atoms with E-state index in [1.54, 1.807) is 12.1 Å². The second-order valence-electron chi connectivity index (χ2n) is 6.98. The molecular formula is C20H21F4N3O. The first-order valence-corrected chi connectivity index (χ1v) is 9.05. The molecule has 1 aliphatic heterocycles. The third-order valence-corrected chi connectivity index (χ3v) is 4.86. The second-order valence-corrected chi connectivity index (χ2v) is 6.98. The number of halogens is 4. The Kier molecular flexibility index (Phi) is 5.98. The summed E-state index contributed by atoms with van der Waals surface area (Å²) in [4.78, 5) is 18.1. The third kappa shape index (κ3) is 5.07. The summed E-state index contributed by atoms with van der Waals surface area (Å²) in [5.74, 6) is -0.672. The molecule has 0 aliphatic carbocycles. The number of carbonyl (C=O) groups is 1. The Morgan fingerprint density at radius 1 is 1.14 bits per heavy atom. The van der Waals surface area contributed by atoms with Crippen molar-refractivity contribution in [3.8, 4) is 0 Å². The number of amides is 1. The lowest BCUT2D eigenvalue weighted by molar-refractivity contribution is -0.141. The summed E-state index contributed by atoms with van der Waals surface area (Å²) in [6.07, 6.45) is -3.06. The van der Waals surface area contributed by atoms with Crippen molar-refractivity contribution in [1.29, 1.82) is 0 Å². The first kappa shape index (κ1) is 20.3. The molecule has 0 saturated carbocycles. The zero-order valence-corrected chi connectivity index (χ0v) is 15.4. The maximum atomic E-state index is 13.0. The van der Waals surface area contributed by atoms with Crippen molar-refractivity contribution in [2.24, 2.45) is 0 Å².